The van der Waals surface area contributed by atoms with Gasteiger partial charge in [0.05, 0.1) is 12.2 Å². The molecule has 0 unspecified atom stereocenters. The number of anilines is 1. The van der Waals surface area contributed by atoms with E-state index in [0.717, 1.165) is 0 Å². The number of hydrogen-bond acceptors (Lipinski definition) is 5. The first kappa shape index (κ1) is 10.0. The largest absolute Gasteiger partial charge is 0.376 e. The molecule has 1 aromatic carbocycles. The van der Waals surface area contributed by atoms with Crippen molar-refractivity contribution < 1.29 is 4.39 Å². The molecule has 0 saturated carbocycles. The van der Waals surface area contributed by atoms with Crippen molar-refractivity contribution in [3.8, 4) is 6.07 Å². The van der Waals surface area contributed by atoms with Crippen molar-refractivity contribution in [3.63, 3.8) is 0 Å². The number of nitrogens with zero attached hydrogens (tertiary/aromatic N) is 4. The molecule has 0 radical (unpaired) electrons. The predicted octanol–water partition coefficient (Wildman–Crippen LogP) is 0.823. The van der Waals surface area contributed by atoms with Crippen LogP contribution in [0.25, 0.3) is 0 Å². The van der Waals surface area contributed by atoms with Gasteiger partial charge in [-0.15, -0.1) is 10.2 Å². The van der Waals surface area contributed by atoms with E-state index in [0.29, 0.717) is 11.5 Å². The molecule has 2 aromatic rings. The molecular formula is C9H7FN6. The topological polar surface area (TPSA) is 90.3 Å². The van der Waals surface area contributed by atoms with Gasteiger partial charge in [-0.1, -0.05) is 11.3 Å². The van der Waals surface area contributed by atoms with E-state index in [2.05, 4.69) is 25.9 Å². The molecular weight excluding hydrogens is 211 g/mol. The van der Waals surface area contributed by atoms with E-state index in [1.54, 1.807) is 12.1 Å². The number of nitriles is 1. The van der Waals surface area contributed by atoms with Gasteiger partial charge in [-0.2, -0.15) is 10.5 Å². The summed E-state index contributed by atoms with van der Waals surface area (Å²) >= 11 is 0. The number of aromatic amines is 1. The van der Waals surface area contributed by atoms with Crippen LogP contribution in [-0.4, -0.2) is 20.6 Å². The normalized spacial score (nSPS) is 9.75. The number of nitrogens with one attached hydrogen (secondary N) is 2. The number of hydrogen-bond donors (Lipinski definition) is 2. The highest BCUT2D eigenvalue weighted by molar-refractivity contribution is 5.57. The van der Waals surface area contributed by atoms with Crippen molar-refractivity contribution in [1.82, 2.24) is 20.6 Å². The zero-order valence-electron chi connectivity index (χ0n) is 8.11. The predicted molar refractivity (Wildman–Crippen MR) is 52.6 cm³/mol. The fourth-order valence-electron chi connectivity index (χ4n) is 1.22. The Kier molecular flexibility index (Phi) is 2.73. The Labute approximate surface area is 90.1 Å². The average molecular weight is 218 g/mol. The molecule has 2 N–H and O–H groups in total. The van der Waals surface area contributed by atoms with Crippen molar-refractivity contribution in [2.24, 2.45) is 0 Å². The van der Waals surface area contributed by atoms with Gasteiger partial charge < -0.3 is 5.32 Å². The molecule has 0 aliphatic heterocycles. The summed E-state index contributed by atoms with van der Waals surface area (Å²) in [6.07, 6.45) is 0. The van der Waals surface area contributed by atoms with Gasteiger partial charge in [-0.05, 0) is 12.1 Å². The first-order valence-electron chi connectivity index (χ1n) is 4.46. The monoisotopic (exact) mass is 218 g/mol. The van der Waals surface area contributed by atoms with Crippen LogP contribution < -0.4 is 5.32 Å². The van der Waals surface area contributed by atoms with E-state index in [1.165, 1.54) is 12.1 Å². The molecule has 16 heavy (non-hydrogen) atoms. The molecule has 7 heteroatoms. The summed E-state index contributed by atoms with van der Waals surface area (Å²) in [4.78, 5) is 0. The highest BCUT2D eigenvalue weighted by Crippen LogP contribution is 2.17. The molecule has 2 rings (SSSR count). The molecule has 1 heterocycles. The Bertz CT molecular complexity index is 515. The molecule has 0 aliphatic carbocycles. The molecule has 0 aliphatic rings. The van der Waals surface area contributed by atoms with E-state index in [1.807, 2.05) is 0 Å². The SMILES string of the molecule is N#Cc1c(F)cccc1NCc1nn[nH]n1. The van der Waals surface area contributed by atoms with Crippen LogP contribution in [0.5, 0.6) is 0 Å². The van der Waals surface area contributed by atoms with Gasteiger partial charge in [0.15, 0.2) is 5.82 Å². The zero-order valence-corrected chi connectivity index (χ0v) is 8.11. The maximum atomic E-state index is 13.2. The summed E-state index contributed by atoms with van der Waals surface area (Å²) in [6.45, 7) is 0.272. The van der Waals surface area contributed by atoms with Crippen LogP contribution in [0.2, 0.25) is 0 Å². The van der Waals surface area contributed by atoms with E-state index in [-0.39, 0.29) is 12.1 Å². The molecule has 0 atom stereocenters. The van der Waals surface area contributed by atoms with Crippen molar-refractivity contribution in [2.75, 3.05) is 5.32 Å². The van der Waals surface area contributed by atoms with Gasteiger partial charge in [-0.3, -0.25) is 0 Å². The fourth-order valence-corrected chi connectivity index (χ4v) is 1.22. The number of tetrazole rings is 1. The van der Waals surface area contributed by atoms with Crippen molar-refractivity contribution >= 4 is 5.69 Å². The summed E-state index contributed by atoms with van der Waals surface area (Å²) in [5.74, 6) is -0.117. The van der Waals surface area contributed by atoms with Crippen LogP contribution in [0.3, 0.4) is 0 Å². The second kappa shape index (κ2) is 4.35. The number of H-pyrrole nitrogens is 1. The maximum absolute atomic E-state index is 13.2. The average Bonchev–Trinajstić information content (AvgIpc) is 2.79. The van der Waals surface area contributed by atoms with Gasteiger partial charge >= 0.3 is 0 Å². The second-order valence-electron chi connectivity index (χ2n) is 2.96. The molecule has 0 fully saturated rings. The Morgan fingerprint density at radius 1 is 1.50 bits per heavy atom. The van der Waals surface area contributed by atoms with Gasteiger partial charge in [0.2, 0.25) is 0 Å². The molecule has 0 amide bonds. The first-order valence-corrected chi connectivity index (χ1v) is 4.46. The minimum Gasteiger partial charge on any atom is -0.376 e. The van der Waals surface area contributed by atoms with E-state index in [9.17, 15) is 4.39 Å². The minimum absolute atomic E-state index is 0.0222. The van der Waals surface area contributed by atoms with Crippen LogP contribution in [0.15, 0.2) is 18.2 Å². The van der Waals surface area contributed by atoms with E-state index in [4.69, 9.17) is 5.26 Å². The van der Waals surface area contributed by atoms with E-state index >= 15 is 0 Å². The van der Waals surface area contributed by atoms with Crippen molar-refractivity contribution in [2.45, 2.75) is 6.54 Å². The summed E-state index contributed by atoms with van der Waals surface area (Å²) in [5, 5.41) is 24.8. The number of benzene rings is 1. The lowest BCUT2D eigenvalue weighted by Gasteiger charge is -2.05. The quantitative estimate of drug-likeness (QED) is 0.796. The standard InChI is InChI=1S/C9H7FN6/c10-7-2-1-3-8(6(7)4-11)12-5-9-13-15-16-14-9/h1-3,12H,5H2,(H,13,14,15,16). The first-order chi connectivity index (χ1) is 7.81. The molecule has 6 nitrogen and oxygen atoms in total. The summed E-state index contributed by atoms with van der Waals surface area (Å²) in [5.41, 5.74) is 0.387. The lowest BCUT2D eigenvalue weighted by Crippen LogP contribution is -2.04. The number of aromatic nitrogens is 4. The van der Waals surface area contributed by atoms with Gasteiger partial charge in [-0.25, -0.2) is 4.39 Å². The van der Waals surface area contributed by atoms with Crippen LogP contribution in [0, 0.1) is 17.1 Å². The Balaban J connectivity index is 2.16. The van der Waals surface area contributed by atoms with Crippen LogP contribution >= 0.6 is 0 Å². The Hall–Kier alpha value is -2.49. The second-order valence-corrected chi connectivity index (χ2v) is 2.96. The van der Waals surface area contributed by atoms with Crippen LogP contribution in [0.4, 0.5) is 10.1 Å². The lowest BCUT2D eigenvalue weighted by molar-refractivity contribution is 0.624. The lowest BCUT2D eigenvalue weighted by atomic mass is 10.2. The third kappa shape index (κ3) is 1.95. The molecule has 0 saturated heterocycles. The molecule has 80 valence electrons. The third-order valence-corrected chi connectivity index (χ3v) is 1.95. The zero-order chi connectivity index (χ0) is 11.4. The number of halogens is 1. The molecule has 0 spiro atoms. The highest BCUT2D eigenvalue weighted by atomic mass is 19.1. The fraction of sp³-hybridized carbons (Fsp3) is 0.111. The van der Waals surface area contributed by atoms with Gasteiger partial charge in [0, 0.05) is 0 Å². The van der Waals surface area contributed by atoms with Gasteiger partial charge in [0.1, 0.15) is 17.4 Å². The van der Waals surface area contributed by atoms with Crippen molar-refractivity contribution in [3.05, 3.63) is 35.4 Å². The third-order valence-electron chi connectivity index (χ3n) is 1.95. The van der Waals surface area contributed by atoms with Crippen LogP contribution in [-0.2, 0) is 6.54 Å². The summed E-state index contributed by atoms with van der Waals surface area (Å²) < 4.78 is 13.2. The minimum atomic E-state index is -0.555. The Morgan fingerprint density at radius 3 is 3.06 bits per heavy atom. The number of rotatable bonds is 3. The van der Waals surface area contributed by atoms with Crippen molar-refractivity contribution in [1.29, 1.82) is 5.26 Å². The van der Waals surface area contributed by atoms with E-state index < -0.39 is 5.82 Å². The van der Waals surface area contributed by atoms with Crippen LogP contribution in [0.1, 0.15) is 11.4 Å². The summed E-state index contributed by atoms with van der Waals surface area (Å²) in [6, 6.07) is 6.16. The maximum Gasteiger partial charge on any atom is 0.193 e. The highest BCUT2D eigenvalue weighted by Gasteiger charge is 2.07. The smallest absolute Gasteiger partial charge is 0.193 e. The Morgan fingerprint density at radius 2 is 2.38 bits per heavy atom. The summed E-state index contributed by atoms with van der Waals surface area (Å²) in [7, 11) is 0. The molecule has 1 aromatic heterocycles. The van der Waals surface area contributed by atoms with Gasteiger partial charge in [0.25, 0.3) is 0 Å². The molecule has 0 bridgehead atoms.